The number of rotatable bonds is 3. The normalized spacial score (nSPS) is 16.8. The van der Waals surface area contributed by atoms with Gasteiger partial charge in [-0.1, -0.05) is 36.4 Å². The van der Waals surface area contributed by atoms with Crippen LogP contribution in [0.15, 0.2) is 35.4 Å². The quantitative estimate of drug-likeness (QED) is 0.942. The van der Waals surface area contributed by atoms with Crippen molar-refractivity contribution in [2.45, 2.75) is 32.7 Å². The molecule has 2 aromatic rings. The zero-order chi connectivity index (χ0) is 16.4. The zero-order valence-corrected chi connectivity index (χ0v) is 13.6. The molecule has 0 bridgehead atoms. The predicted molar refractivity (Wildman–Crippen MR) is 93.9 cm³/mol. The fourth-order valence-electron chi connectivity index (χ4n) is 2.66. The molecule has 1 aromatic heterocycles. The Morgan fingerprint density at radius 2 is 1.83 bits per heavy atom. The summed E-state index contributed by atoms with van der Waals surface area (Å²) in [7, 11) is 0. The summed E-state index contributed by atoms with van der Waals surface area (Å²) in [6.45, 7) is 6.21. The Kier molecular flexibility index (Phi) is 3.82. The number of aromatic nitrogens is 3. The smallest absolute Gasteiger partial charge is 0.252 e. The highest BCUT2D eigenvalue weighted by atomic mass is 15.6. The molecule has 0 spiro atoms. The third-order valence-corrected chi connectivity index (χ3v) is 3.60. The third kappa shape index (κ3) is 3.36. The minimum atomic E-state index is -0.168. The molecule has 0 unspecified atom stereocenters. The van der Waals surface area contributed by atoms with Crippen LogP contribution in [-0.2, 0) is 0 Å². The molecule has 118 valence electrons. The zero-order valence-electron chi connectivity index (χ0n) is 13.6. The Hall–Kier alpha value is -2.76. The van der Waals surface area contributed by atoms with Gasteiger partial charge in [0.1, 0.15) is 0 Å². The first kappa shape index (κ1) is 15.1. The monoisotopic (exact) mass is 308 g/mol. The van der Waals surface area contributed by atoms with E-state index in [0.717, 1.165) is 17.7 Å². The van der Waals surface area contributed by atoms with E-state index in [4.69, 9.17) is 5.73 Å². The summed E-state index contributed by atoms with van der Waals surface area (Å²) < 4.78 is 0. The van der Waals surface area contributed by atoms with Gasteiger partial charge in [0.05, 0.1) is 5.54 Å². The summed E-state index contributed by atoms with van der Waals surface area (Å²) in [5.41, 5.74) is 7.80. The second-order valence-electron chi connectivity index (χ2n) is 6.23. The lowest BCUT2D eigenvalue weighted by Gasteiger charge is -2.28. The van der Waals surface area contributed by atoms with Gasteiger partial charge in [0.25, 0.3) is 5.95 Å². The molecule has 1 aromatic carbocycles. The van der Waals surface area contributed by atoms with Crippen molar-refractivity contribution in [3.05, 3.63) is 41.7 Å². The topological polar surface area (TPSA) is 80.3 Å². The Labute approximate surface area is 135 Å². The van der Waals surface area contributed by atoms with Crippen molar-refractivity contribution in [2.75, 3.05) is 10.7 Å². The number of nitrogen functional groups attached to an aromatic ring is 1. The van der Waals surface area contributed by atoms with Crippen LogP contribution < -0.4 is 10.7 Å². The second-order valence-corrected chi connectivity index (χ2v) is 6.23. The number of hydrogen-bond donors (Lipinski definition) is 1. The van der Waals surface area contributed by atoms with Gasteiger partial charge in [-0.15, -0.1) is 0 Å². The van der Waals surface area contributed by atoms with Crippen LogP contribution in [0.1, 0.15) is 38.6 Å². The van der Waals surface area contributed by atoms with E-state index < -0.39 is 0 Å². The van der Waals surface area contributed by atoms with Gasteiger partial charge in [-0.25, -0.2) is 5.01 Å². The minimum Gasteiger partial charge on any atom is -0.368 e. The lowest BCUT2D eigenvalue weighted by atomic mass is 9.99. The average Bonchev–Trinajstić information content (AvgIpc) is 2.78. The summed E-state index contributed by atoms with van der Waals surface area (Å²) >= 11 is 0. The van der Waals surface area contributed by atoms with Crippen molar-refractivity contribution in [3.8, 4) is 0 Å². The molecule has 0 aliphatic carbocycles. The van der Waals surface area contributed by atoms with Crippen LogP contribution in [0, 0.1) is 0 Å². The van der Waals surface area contributed by atoms with Crippen molar-refractivity contribution in [1.82, 2.24) is 15.0 Å². The van der Waals surface area contributed by atoms with Crippen molar-refractivity contribution >= 4 is 29.8 Å². The highest BCUT2D eigenvalue weighted by Crippen LogP contribution is 2.30. The molecule has 0 saturated carbocycles. The standard InChI is InChI=1S/C17H20N6/c1-12-11-17(2,3)23(22-12)16-20-14(19-15(18)21-16)10-9-13-7-5-4-6-8-13/h4-10H,11H2,1-3H3,(H2,18,19,20,21)/b10-9-. The number of hydrazone groups is 1. The van der Waals surface area contributed by atoms with Gasteiger partial charge in [-0.2, -0.15) is 20.1 Å². The largest absolute Gasteiger partial charge is 0.368 e. The lowest BCUT2D eigenvalue weighted by molar-refractivity contribution is 0.505. The van der Waals surface area contributed by atoms with E-state index in [2.05, 4.69) is 33.9 Å². The van der Waals surface area contributed by atoms with Gasteiger partial charge in [-0.05, 0) is 32.4 Å². The molecular weight excluding hydrogens is 288 g/mol. The van der Waals surface area contributed by atoms with Crippen LogP contribution in [0.3, 0.4) is 0 Å². The molecule has 1 aliphatic rings. The van der Waals surface area contributed by atoms with E-state index in [1.807, 2.05) is 54.4 Å². The van der Waals surface area contributed by atoms with E-state index in [9.17, 15) is 0 Å². The molecule has 0 atom stereocenters. The second kappa shape index (κ2) is 5.79. The predicted octanol–water partition coefficient (Wildman–Crippen LogP) is 2.99. The maximum Gasteiger partial charge on any atom is 0.252 e. The molecule has 0 radical (unpaired) electrons. The van der Waals surface area contributed by atoms with Gasteiger partial charge in [0, 0.05) is 12.1 Å². The molecule has 6 heteroatoms. The summed E-state index contributed by atoms with van der Waals surface area (Å²) in [5, 5.41) is 6.35. The van der Waals surface area contributed by atoms with Crippen LogP contribution in [0.25, 0.3) is 12.2 Å². The summed E-state index contributed by atoms with van der Waals surface area (Å²) in [5.74, 6) is 1.19. The molecule has 1 aliphatic heterocycles. The third-order valence-electron chi connectivity index (χ3n) is 3.60. The number of nitrogens with zero attached hydrogens (tertiary/aromatic N) is 5. The van der Waals surface area contributed by atoms with Crippen LogP contribution in [0.4, 0.5) is 11.9 Å². The van der Waals surface area contributed by atoms with E-state index in [1.165, 1.54) is 0 Å². The Balaban J connectivity index is 1.92. The first-order valence-corrected chi connectivity index (χ1v) is 7.53. The maximum absolute atomic E-state index is 5.85. The SMILES string of the molecule is CC1=NN(c2nc(N)nc(/C=C\c3ccccc3)n2)C(C)(C)C1. The van der Waals surface area contributed by atoms with E-state index in [1.54, 1.807) is 0 Å². The minimum absolute atomic E-state index is 0.168. The highest BCUT2D eigenvalue weighted by molar-refractivity contribution is 5.86. The number of anilines is 2. The van der Waals surface area contributed by atoms with Crippen LogP contribution >= 0.6 is 0 Å². The molecular formula is C17H20N6. The number of benzene rings is 1. The number of nitrogens with two attached hydrogens (primary N) is 1. The van der Waals surface area contributed by atoms with Crippen molar-refractivity contribution < 1.29 is 0 Å². The van der Waals surface area contributed by atoms with Crippen molar-refractivity contribution in [2.24, 2.45) is 5.10 Å². The van der Waals surface area contributed by atoms with Gasteiger partial charge >= 0.3 is 0 Å². The van der Waals surface area contributed by atoms with E-state index >= 15 is 0 Å². The molecule has 2 heterocycles. The van der Waals surface area contributed by atoms with Crippen molar-refractivity contribution in [3.63, 3.8) is 0 Å². The fraction of sp³-hybridized carbons (Fsp3) is 0.294. The van der Waals surface area contributed by atoms with Gasteiger partial charge in [0.15, 0.2) is 5.82 Å². The lowest BCUT2D eigenvalue weighted by Crippen LogP contribution is -2.37. The van der Waals surface area contributed by atoms with Gasteiger partial charge in [0.2, 0.25) is 5.95 Å². The van der Waals surface area contributed by atoms with Crippen LogP contribution in [0.5, 0.6) is 0 Å². The summed E-state index contributed by atoms with van der Waals surface area (Å²) in [6, 6.07) is 9.97. The highest BCUT2D eigenvalue weighted by Gasteiger charge is 2.35. The molecule has 0 saturated heterocycles. The molecule has 3 rings (SSSR count). The Morgan fingerprint density at radius 1 is 1.09 bits per heavy atom. The average molecular weight is 308 g/mol. The Bertz CT molecular complexity index is 764. The molecule has 23 heavy (non-hydrogen) atoms. The van der Waals surface area contributed by atoms with Crippen molar-refractivity contribution in [1.29, 1.82) is 0 Å². The van der Waals surface area contributed by atoms with Gasteiger partial charge < -0.3 is 5.73 Å². The van der Waals surface area contributed by atoms with E-state index in [-0.39, 0.29) is 11.5 Å². The molecule has 6 nitrogen and oxygen atoms in total. The first-order chi connectivity index (χ1) is 10.9. The molecule has 2 N–H and O–H groups in total. The summed E-state index contributed by atoms with van der Waals surface area (Å²) in [4.78, 5) is 12.9. The first-order valence-electron chi connectivity index (χ1n) is 7.53. The molecule has 0 amide bonds. The van der Waals surface area contributed by atoms with E-state index in [0.29, 0.717) is 11.8 Å². The van der Waals surface area contributed by atoms with Crippen LogP contribution in [0.2, 0.25) is 0 Å². The molecule has 0 fully saturated rings. The number of hydrogen-bond acceptors (Lipinski definition) is 6. The maximum atomic E-state index is 5.85. The Morgan fingerprint density at radius 3 is 2.48 bits per heavy atom. The fourth-order valence-corrected chi connectivity index (χ4v) is 2.66. The van der Waals surface area contributed by atoms with Crippen LogP contribution in [-0.4, -0.2) is 26.2 Å². The summed E-state index contributed by atoms with van der Waals surface area (Å²) in [6.07, 6.45) is 4.65. The van der Waals surface area contributed by atoms with Gasteiger partial charge in [-0.3, -0.25) is 0 Å².